The van der Waals surface area contributed by atoms with Gasteiger partial charge in [0.15, 0.2) is 11.6 Å². The van der Waals surface area contributed by atoms with Crippen LogP contribution in [0, 0.1) is 17.6 Å². The van der Waals surface area contributed by atoms with Crippen LogP contribution < -0.4 is 11.1 Å². The lowest BCUT2D eigenvalue weighted by Crippen LogP contribution is -2.41. The highest BCUT2D eigenvalue weighted by atomic mass is 35.5. The number of aromatic amines is 1. The second kappa shape index (κ2) is 6.62. The molecule has 0 saturated carbocycles. The van der Waals surface area contributed by atoms with E-state index in [1.807, 2.05) is 13.8 Å². The molecule has 0 saturated heterocycles. The highest BCUT2D eigenvalue weighted by Crippen LogP contribution is 2.27. The van der Waals surface area contributed by atoms with E-state index >= 15 is 0 Å². The van der Waals surface area contributed by atoms with Crippen molar-refractivity contribution in [2.75, 3.05) is 6.54 Å². The van der Waals surface area contributed by atoms with Crippen LogP contribution in [-0.4, -0.2) is 23.5 Å². The average molecular weight is 330 g/mol. The van der Waals surface area contributed by atoms with Crippen molar-refractivity contribution in [3.05, 3.63) is 34.5 Å². The molecule has 2 rings (SSSR count). The van der Waals surface area contributed by atoms with E-state index in [0.717, 1.165) is 6.42 Å². The van der Waals surface area contributed by atoms with Crippen molar-refractivity contribution in [2.45, 2.75) is 26.3 Å². The first kappa shape index (κ1) is 16.7. The maximum atomic E-state index is 13.8. The van der Waals surface area contributed by atoms with Gasteiger partial charge in [-0.3, -0.25) is 4.79 Å². The van der Waals surface area contributed by atoms with E-state index in [0.29, 0.717) is 17.8 Å². The van der Waals surface area contributed by atoms with Gasteiger partial charge in [-0.05, 0) is 24.5 Å². The number of halogens is 3. The van der Waals surface area contributed by atoms with Gasteiger partial charge in [-0.25, -0.2) is 8.78 Å². The zero-order valence-corrected chi connectivity index (χ0v) is 13.1. The molecular formula is C15H18ClF2N3O. The highest BCUT2D eigenvalue weighted by molar-refractivity contribution is 6.31. The number of hydrogen-bond donors (Lipinski definition) is 3. The Morgan fingerprint density at radius 1 is 1.36 bits per heavy atom. The number of nitrogens with one attached hydrogen (secondary N) is 2. The summed E-state index contributed by atoms with van der Waals surface area (Å²) in [5, 5.41) is 2.79. The zero-order valence-electron chi connectivity index (χ0n) is 12.3. The molecule has 120 valence electrons. The molecule has 2 aromatic rings. The number of aromatic nitrogens is 1. The van der Waals surface area contributed by atoms with Crippen molar-refractivity contribution in [2.24, 2.45) is 11.7 Å². The summed E-state index contributed by atoms with van der Waals surface area (Å²) in [7, 11) is 0. The summed E-state index contributed by atoms with van der Waals surface area (Å²) in [6.07, 6.45) is 0.733. The van der Waals surface area contributed by atoms with Crippen LogP contribution in [0.25, 0.3) is 10.9 Å². The molecule has 0 aliphatic heterocycles. The van der Waals surface area contributed by atoms with Crippen LogP contribution in [0.5, 0.6) is 0 Å². The molecule has 22 heavy (non-hydrogen) atoms. The van der Waals surface area contributed by atoms with E-state index < -0.39 is 17.5 Å². The largest absolute Gasteiger partial charge is 0.348 e. The predicted molar refractivity (Wildman–Crippen MR) is 83.0 cm³/mol. The zero-order chi connectivity index (χ0) is 16.4. The molecule has 1 aromatic carbocycles. The summed E-state index contributed by atoms with van der Waals surface area (Å²) in [4.78, 5) is 14.8. The van der Waals surface area contributed by atoms with Gasteiger partial charge in [0.25, 0.3) is 5.91 Å². The molecule has 0 fully saturated rings. The summed E-state index contributed by atoms with van der Waals surface area (Å²) in [5.41, 5.74) is 5.69. The fourth-order valence-electron chi connectivity index (χ4n) is 2.35. The number of hydrogen-bond acceptors (Lipinski definition) is 2. The van der Waals surface area contributed by atoms with Gasteiger partial charge in [0.1, 0.15) is 5.69 Å². The van der Waals surface area contributed by atoms with Crippen molar-refractivity contribution in [3.63, 3.8) is 0 Å². The van der Waals surface area contributed by atoms with Gasteiger partial charge in [0, 0.05) is 18.0 Å². The molecule has 1 aromatic heterocycles. The van der Waals surface area contributed by atoms with Gasteiger partial charge < -0.3 is 16.0 Å². The first-order valence-corrected chi connectivity index (χ1v) is 7.38. The SMILES string of the molecule is CC(C)CC(CN)NC(=O)c1cc2cc(Cl)c(F)c(F)c2[nH]1. The molecule has 1 amide bonds. The molecule has 0 aliphatic carbocycles. The van der Waals surface area contributed by atoms with Crippen molar-refractivity contribution in [1.29, 1.82) is 0 Å². The molecule has 1 atom stereocenters. The Hall–Kier alpha value is -1.66. The highest BCUT2D eigenvalue weighted by Gasteiger charge is 2.19. The van der Waals surface area contributed by atoms with Gasteiger partial charge in [-0.15, -0.1) is 0 Å². The van der Waals surface area contributed by atoms with Crippen molar-refractivity contribution >= 4 is 28.4 Å². The van der Waals surface area contributed by atoms with Crippen LogP contribution in [0.2, 0.25) is 5.02 Å². The Bertz CT molecular complexity index is 700. The molecule has 0 spiro atoms. The molecule has 4 N–H and O–H groups in total. The number of rotatable bonds is 5. The number of fused-ring (bicyclic) bond motifs is 1. The van der Waals surface area contributed by atoms with E-state index in [9.17, 15) is 13.6 Å². The van der Waals surface area contributed by atoms with Crippen LogP contribution in [0.15, 0.2) is 12.1 Å². The van der Waals surface area contributed by atoms with E-state index in [-0.39, 0.29) is 22.3 Å². The maximum Gasteiger partial charge on any atom is 0.267 e. The van der Waals surface area contributed by atoms with E-state index in [4.69, 9.17) is 17.3 Å². The maximum absolute atomic E-state index is 13.8. The van der Waals surface area contributed by atoms with E-state index in [1.165, 1.54) is 12.1 Å². The summed E-state index contributed by atoms with van der Waals surface area (Å²) >= 11 is 5.60. The molecule has 0 radical (unpaired) electrons. The molecule has 0 aliphatic rings. The second-order valence-corrected chi connectivity index (χ2v) is 6.08. The Kier molecular flexibility index (Phi) is 5.03. The molecule has 1 unspecified atom stereocenters. The van der Waals surface area contributed by atoms with E-state index in [1.54, 1.807) is 0 Å². The third kappa shape index (κ3) is 3.39. The fourth-order valence-corrected chi connectivity index (χ4v) is 2.55. The van der Waals surface area contributed by atoms with Crippen molar-refractivity contribution in [1.82, 2.24) is 10.3 Å². The second-order valence-electron chi connectivity index (χ2n) is 5.67. The number of carbonyl (C=O) groups is 1. The molecule has 4 nitrogen and oxygen atoms in total. The fraction of sp³-hybridized carbons (Fsp3) is 0.400. The minimum absolute atomic E-state index is 0.0831. The minimum Gasteiger partial charge on any atom is -0.348 e. The standard InChI is InChI=1S/C15H18ClF2N3O/c1-7(2)3-9(6-19)20-15(22)11-5-8-4-10(16)12(17)13(18)14(8)21-11/h4-5,7,9,21H,3,6,19H2,1-2H3,(H,20,22). The predicted octanol–water partition coefficient (Wildman–Crippen LogP) is 3.20. The third-order valence-corrected chi connectivity index (χ3v) is 3.65. The Balaban J connectivity index is 2.27. The first-order valence-electron chi connectivity index (χ1n) is 7.00. The van der Waals surface area contributed by atoms with Crippen molar-refractivity contribution in [3.8, 4) is 0 Å². The van der Waals surface area contributed by atoms with Crippen LogP contribution in [0.4, 0.5) is 8.78 Å². The van der Waals surface area contributed by atoms with Crippen LogP contribution in [0.3, 0.4) is 0 Å². The molecule has 0 bridgehead atoms. The quantitative estimate of drug-likeness (QED) is 0.737. The summed E-state index contributed by atoms with van der Waals surface area (Å²) < 4.78 is 27.2. The van der Waals surface area contributed by atoms with Crippen LogP contribution >= 0.6 is 11.6 Å². The van der Waals surface area contributed by atoms with Crippen molar-refractivity contribution < 1.29 is 13.6 Å². The lowest BCUT2D eigenvalue weighted by atomic mass is 10.0. The summed E-state index contributed by atoms with van der Waals surface area (Å²) in [5.74, 6) is -2.27. The van der Waals surface area contributed by atoms with Gasteiger partial charge in [-0.1, -0.05) is 25.4 Å². The number of carbonyl (C=O) groups excluding carboxylic acids is 1. The number of nitrogens with two attached hydrogens (primary N) is 1. The van der Waals surface area contributed by atoms with Gasteiger partial charge >= 0.3 is 0 Å². The number of amides is 1. The topological polar surface area (TPSA) is 70.9 Å². The van der Waals surface area contributed by atoms with Gasteiger partial charge in [-0.2, -0.15) is 0 Å². The molecule has 7 heteroatoms. The monoisotopic (exact) mass is 329 g/mol. The van der Waals surface area contributed by atoms with Crippen LogP contribution in [-0.2, 0) is 0 Å². The minimum atomic E-state index is -1.14. The normalized spacial score (nSPS) is 12.9. The van der Waals surface area contributed by atoms with Crippen LogP contribution in [0.1, 0.15) is 30.8 Å². The number of H-pyrrole nitrogens is 1. The lowest BCUT2D eigenvalue weighted by Gasteiger charge is -2.18. The Labute approximate surface area is 132 Å². The summed E-state index contributed by atoms with van der Waals surface area (Å²) in [6, 6.07) is 2.53. The Morgan fingerprint density at radius 2 is 2.05 bits per heavy atom. The average Bonchev–Trinajstić information content (AvgIpc) is 2.87. The van der Waals surface area contributed by atoms with Gasteiger partial charge in [0.2, 0.25) is 0 Å². The molecular weight excluding hydrogens is 312 g/mol. The van der Waals surface area contributed by atoms with E-state index in [2.05, 4.69) is 10.3 Å². The molecule has 1 heterocycles. The third-order valence-electron chi connectivity index (χ3n) is 3.37. The Morgan fingerprint density at radius 3 is 2.64 bits per heavy atom. The summed E-state index contributed by atoms with van der Waals surface area (Å²) in [6.45, 7) is 4.36. The first-order chi connectivity index (χ1) is 10.3. The lowest BCUT2D eigenvalue weighted by molar-refractivity contribution is 0.0929. The smallest absolute Gasteiger partial charge is 0.267 e. The van der Waals surface area contributed by atoms with Gasteiger partial charge in [0.05, 0.1) is 10.5 Å². The number of benzene rings is 1.